The zero-order chi connectivity index (χ0) is 10.7. The Kier molecular flexibility index (Phi) is 3.65. The van der Waals surface area contributed by atoms with Crippen molar-refractivity contribution < 1.29 is 8.78 Å². The lowest BCUT2D eigenvalue weighted by atomic mass is 10.4. The maximum Gasteiger partial charge on any atom is 0.177 e. The molecule has 3 N–H and O–H groups in total. The molecule has 14 heavy (non-hydrogen) atoms. The number of aromatic nitrogens is 1. The lowest BCUT2D eigenvalue weighted by molar-refractivity contribution is 0.551. The maximum atomic E-state index is 13.1. The summed E-state index contributed by atoms with van der Waals surface area (Å²) in [6.07, 6.45) is 0. The van der Waals surface area contributed by atoms with Crippen LogP contribution in [0, 0.1) is 11.6 Å². The van der Waals surface area contributed by atoms with Crippen molar-refractivity contribution in [3.05, 3.63) is 17.7 Å². The van der Waals surface area contributed by atoms with Gasteiger partial charge in [0.25, 0.3) is 0 Å². The minimum atomic E-state index is -0.793. The van der Waals surface area contributed by atoms with Crippen LogP contribution in [0.25, 0.3) is 0 Å². The Labute approximate surface area is 85.1 Å². The van der Waals surface area contributed by atoms with E-state index < -0.39 is 11.6 Å². The largest absolute Gasteiger partial charge is 0.306 e. The first-order valence-electron chi connectivity index (χ1n) is 4.04. The van der Waals surface area contributed by atoms with Crippen molar-refractivity contribution in [3.63, 3.8) is 0 Å². The normalized spacial score (nSPS) is 10.7. The highest BCUT2D eigenvalue weighted by Gasteiger charge is 2.12. The van der Waals surface area contributed by atoms with E-state index in [0.29, 0.717) is 0 Å². The summed E-state index contributed by atoms with van der Waals surface area (Å²) in [5, 5.41) is 0.322. The smallest absolute Gasteiger partial charge is 0.177 e. The monoisotopic (exact) mass is 219 g/mol. The van der Waals surface area contributed by atoms with Crippen molar-refractivity contribution in [2.24, 2.45) is 5.84 Å². The van der Waals surface area contributed by atoms with Crippen LogP contribution in [-0.2, 0) is 0 Å². The highest BCUT2D eigenvalue weighted by molar-refractivity contribution is 7.99. The number of nitrogen functional groups attached to an aromatic ring is 1. The van der Waals surface area contributed by atoms with Gasteiger partial charge in [0.1, 0.15) is 5.03 Å². The number of hydrazine groups is 1. The molecule has 0 spiro atoms. The van der Waals surface area contributed by atoms with Crippen LogP contribution in [-0.4, -0.2) is 10.2 Å². The summed E-state index contributed by atoms with van der Waals surface area (Å²) in [7, 11) is 0. The Morgan fingerprint density at radius 1 is 1.43 bits per heavy atom. The molecule has 0 unspecified atom stereocenters. The molecule has 0 aromatic carbocycles. The Balaban J connectivity index is 3.04. The molecule has 1 aromatic heterocycles. The van der Waals surface area contributed by atoms with E-state index in [-0.39, 0.29) is 16.1 Å². The van der Waals surface area contributed by atoms with Gasteiger partial charge in [-0.3, -0.25) is 0 Å². The van der Waals surface area contributed by atoms with Crippen molar-refractivity contribution in [1.29, 1.82) is 0 Å². The van der Waals surface area contributed by atoms with E-state index in [1.807, 2.05) is 13.8 Å². The Morgan fingerprint density at radius 3 is 2.57 bits per heavy atom. The van der Waals surface area contributed by atoms with Crippen molar-refractivity contribution in [1.82, 2.24) is 4.98 Å². The third-order valence-corrected chi connectivity index (χ3v) is 2.36. The van der Waals surface area contributed by atoms with Gasteiger partial charge in [-0.1, -0.05) is 13.8 Å². The van der Waals surface area contributed by atoms with Gasteiger partial charge in [-0.05, 0) is 0 Å². The number of anilines is 1. The number of pyridine rings is 1. The molecule has 0 saturated carbocycles. The fraction of sp³-hybridized carbons (Fsp3) is 0.375. The average Bonchev–Trinajstić information content (AvgIpc) is 2.09. The van der Waals surface area contributed by atoms with Crippen LogP contribution in [0.1, 0.15) is 13.8 Å². The van der Waals surface area contributed by atoms with E-state index in [9.17, 15) is 8.78 Å². The number of halogens is 2. The molecule has 6 heteroatoms. The summed E-state index contributed by atoms with van der Waals surface area (Å²) < 4.78 is 26.0. The summed E-state index contributed by atoms with van der Waals surface area (Å²) in [6, 6.07) is 0.771. The summed E-state index contributed by atoms with van der Waals surface area (Å²) in [4.78, 5) is 3.71. The molecular formula is C8H11F2N3S. The molecule has 0 saturated heterocycles. The molecule has 0 bridgehead atoms. The van der Waals surface area contributed by atoms with Gasteiger partial charge in [-0.15, -0.1) is 11.8 Å². The van der Waals surface area contributed by atoms with Crippen LogP contribution in [0.15, 0.2) is 11.1 Å². The third kappa shape index (κ3) is 2.55. The minimum absolute atomic E-state index is 0.144. The second kappa shape index (κ2) is 4.56. The fourth-order valence-electron chi connectivity index (χ4n) is 0.857. The van der Waals surface area contributed by atoms with Crippen LogP contribution >= 0.6 is 11.8 Å². The van der Waals surface area contributed by atoms with Crippen LogP contribution in [0.4, 0.5) is 14.6 Å². The molecule has 0 aliphatic rings. The molecule has 0 atom stereocenters. The van der Waals surface area contributed by atoms with Gasteiger partial charge in [-0.25, -0.2) is 19.6 Å². The average molecular weight is 219 g/mol. The second-order valence-corrected chi connectivity index (χ2v) is 4.48. The standard InChI is InChI=1S/C8H11F2N3S/c1-4(2)14-8-6(10)3-5(9)7(12-8)13-11/h3-4H,11H2,1-2H3,(H,12,13). The molecule has 78 valence electrons. The SMILES string of the molecule is CC(C)Sc1nc(NN)c(F)cc1F. The van der Waals surface area contributed by atoms with Crippen LogP contribution < -0.4 is 11.3 Å². The molecule has 1 aromatic rings. The van der Waals surface area contributed by atoms with Gasteiger partial charge >= 0.3 is 0 Å². The van der Waals surface area contributed by atoms with E-state index >= 15 is 0 Å². The summed E-state index contributed by atoms with van der Waals surface area (Å²) in [6.45, 7) is 3.79. The molecule has 3 nitrogen and oxygen atoms in total. The topological polar surface area (TPSA) is 50.9 Å². The van der Waals surface area contributed by atoms with Crippen molar-refractivity contribution >= 4 is 17.6 Å². The molecule has 0 aliphatic heterocycles. The molecule has 0 radical (unpaired) electrons. The number of rotatable bonds is 3. The number of nitrogens with one attached hydrogen (secondary N) is 1. The van der Waals surface area contributed by atoms with Gasteiger partial charge in [0.2, 0.25) is 0 Å². The fourth-order valence-corrected chi connectivity index (χ4v) is 1.62. The Morgan fingerprint density at radius 2 is 2.07 bits per heavy atom. The van der Waals surface area contributed by atoms with Crippen LogP contribution in [0.5, 0.6) is 0 Å². The van der Waals surface area contributed by atoms with Gasteiger partial charge in [-0.2, -0.15) is 0 Å². The molecule has 0 fully saturated rings. The van der Waals surface area contributed by atoms with Crippen LogP contribution in [0.2, 0.25) is 0 Å². The van der Waals surface area contributed by atoms with Crippen molar-refractivity contribution in [3.8, 4) is 0 Å². The maximum absolute atomic E-state index is 13.1. The first kappa shape index (κ1) is 11.2. The first-order chi connectivity index (χ1) is 6.54. The first-order valence-corrected chi connectivity index (χ1v) is 4.92. The minimum Gasteiger partial charge on any atom is -0.306 e. The lowest BCUT2D eigenvalue weighted by Gasteiger charge is -2.07. The quantitative estimate of drug-likeness (QED) is 0.464. The van der Waals surface area contributed by atoms with E-state index in [1.54, 1.807) is 0 Å². The summed E-state index contributed by atoms with van der Waals surface area (Å²) >= 11 is 1.21. The van der Waals surface area contributed by atoms with Crippen LogP contribution in [0.3, 0.4) is 0 Å². The Hall–Kier alpha value is -0.880. The molecular weight excluding hydrogens is 208 g/mol. The molecule has 1 rings (SSSR count). The number of hydrogen-bond donors (Lipinski definition) is 2. The number of hydrogen-bond acceptors (Lipinski definition) is 4. The van der Waals surface area contributed by atoms with E-state index in [0.717, 1.165) is 6.07 Å². The van der Waals surface area contributed by atoms with Gasteiger partial charge in [0.05, 0.1) is 0 Å². The van der Waals surface area contributed by atoms with E-state index in [1.165, 1.54) is 11.8 Å². The predicted octanol–water partition coefficient (Wildman–Crippen LogP) is 2.15. The molecule has 0 aliphatic carbocycles. The zero-order valence-electron chi connectivity index (χ0n) is 7.84. The number of nitrogens with two attached hydrogens (primary N) is 1. The molecule has 0 amide bonds. The van der Waals surface area contributed by atoms with E-state index in [4.69, 9.17) is 5.84 Å². The van der Waals surface area contributed by atoms with Gasteiger partial charge < -0.3 is 5.43 Å². The predicted molar refractivity (Wildman–Crippen MR) is 53.0 cm³/mol. The summed E-state index contributed by atoms with van der Waals surface area (Å²) in [5.41, 5.74) is 2.07. The zero-order valence-corrected chi connectivity index (χ0v) is 8.66. The molecule has 1 heterocycles. The summed E-state index contributed by atoms with van der Waals surface area (Å²) in [5.74, 6) is 3.41. The highest BCUT2D eigenvalue weighted by Crippen LogP contribution is 2.26. The third-order valence-electron chi connectivity index (χ3n) is 1.38. The number of thioether (sulfide) groups is 1. The lowest BCUT2D eigenvalue weighted by Crippen LogP contribution is -2.11. The Bertz CT molecular complexity index is 331. The van der Waals surface area contributed by atoms with Gasteiger partial charge in [0, 0.05) is 11.3 Å². The van der Waals surface area contributed by atoms with Crippen molar-refractivity contribution in [2.75, 3.05) is 5.43 Å². The number of nitrogens with zero attached hydrogens (tertiary/aromatic N) is 1. The van der Waals surface area contributed by atoms with Gasteiger partial charge in [0.15, 0.2) is 17.5 Å². The van der Waals surface area contributed by atoms with E-state index in [2.05, 4.69) is 10.4 Å². The second-order valence-electron chi connectivity index (χ2n) is 2.92. The highest BCUT2D eigenvalue weighted by atomic mass is 32.2. The van der Waals surface area contributed by atoms with Crippen molar-refractivity contribution in [2.45, 2.75) is 24.1 Å².